The summed E-state index contributed by atoms with van der Waals surface area (Å²) in [6.07, 6.45) is 3.64. The fourth-order valence-corrected chi connectivity index (χ4v) is 3.70. The Morgan fingerprint density at radius 3 is 2.87 bits per heavy atom. The highest BCUT2D eigenvalue weighted by Crippen LogP contribution is 2.24. The molecule has 1 fully saturated rings. The van der Waals surface area contributed by atoms with Crippen molar-refractivity contribution in [3.63, 3.8) is 0 Å². The lowest BCUT2D eigenvalue weighted by Crippen LogP contribution is -2.49. The van der Waals surface area contributed by atoms with Gasteiger partial charge in [-0.25, -0.2) is 4.98 Å². The average molecular weight is 431 g/mol. The molecule has 4 rings (SSSR count). The minimum atomic E-state index is -0.128. The van der Waals surface area contributed by atoms with E-state index in [0.29, 0.717) is 24.6 Å². The molecule has 1 saturated heterocycles. The summed E-state index contributed by atoms with van der Waals surface area (Å²) in [7, 11) is 1.94. The van der Waals surface area contributed by atoms with Crippen LogP contribution < -0.4 is 10.1 Å². The smallest absolute Gasteiger partial charge is 0.290 e. The largest absolute Gasteiger partial charge is 0.485 e. The van der Waals surface area contributed by atoms with Crippen LogP contribution in [0.5, 0.6) is 5.75 Å². The molecule has 3 heterocycles. The van der Waals surface area contributed by atoms with E-state index in [1.165, 1.54) is 5.56 Å². The standard InChI is InChI=1S/C22H26N4O3.ClH/c1-15-4-6-19(16(2)12-15)28-14-17-5-7-20(29-17)22(27)26-11-8-23-13-18(26)21-24-9-10-25(21)3;/h4-7,9-10,12,18,23H,8,11,13-14H2,1-3H3;1H. The number of nitrogens with one attached hydrogen (secondary N) is 1. The molecule has 160 valence electrons. The van der Waals surface area contributed by atoms with Crippen LogP contribution in [0.25, 0.3) is 0 Å². The van der Waals surface area contributed by atoms with E-state index in [9.17, 15) is 4.79 Å². The molecule has 0 radical (unpaired) electrons. The lowest BCUT2D eigenvalue weighted by Gasteiger charge is -2.35. The Morgan fingerprint density at radius 2 is 2.13 bits per heavy atom. The van der Waals surface area contributed by atoms with E-state index in [4.69, 9.17) is 9.15 Å². The maximum atomic E-state index is 13.1. The van der Waals surface area contributed by atoms with Gasteiger partial charge >= 0.3 is 0 Å². The first-order chi connectivity index (χ1) is 14.0. The van der Waals surface area contributed by atoms with Gasteiger partial charge in [-0.3, -0.25) is 4.79 Å². The molecular formula is C22H27ClN4O3. The number of carbonyl (C=O) groups is 1. The Bertz CT molecular complexity index is 1010. The van der Waals surface area contributed by atoms with Crippen LogP contribution in [-0.2, 0) is 13.7 Å². The highest BCUT2D eigenvalue weighted by molar-refractivity contribution is 5.92. The van der Waals surface area contributed by atoms with Crippen molar-refractivity contribution >= 4 is 18.3 Å². The zero-order valence-corrected chi connectivity index (χ0v) is 18.2. The number of hydrogen-bond acceptors (Lipinski definition) is 5. The summed E-state index contributed by atoms with van der Waals surface area (Å²) in [6, 6.07) is 9.44. The first kappa shape index (κ1) is 21.9. The first-order valence-corrected chi connectivity index (χ1v) is 9.80. The van der Waals surface area contributed by atoms with Gasteiger partial charge in [-0.1, -0.05) is 17.7 Å². The zero-order chi connectivity index (χ0) is 20.4. The molecular weight excluding hydrogens is 404 g/mol. The van der Waals surface area contributed by atoms with Crippen LogP contribution in [0.3, 0.4) is 0 Å². The van der Waals surface area contributed by atoms with Crippen molar-refractivity contribution in [1.29, 1.82) is 0 Å². The first-order valence-electron chi connectivity index (χ1n) is 9.80. The minimum Gasteiger partial charge on any atom is -0.485 e. The molecule has 1 N–H and O–H groups in total. The van der Waals surface area contributed by atoms with Gasteiger partial charge in [0.15, 0.2) is 5.76 Å². The maximum absolute atomic E-state index is 13.1. The van der Waals surface area contributed by atoms with Crippen molar-refractivity contribution in [2.45, 2.75) is 26.5 Å². The quantitative estimate of drug-likeness (QED) is 0.671. The Balaban J connectivity index is 0.00000256. The average Bonchev–Trinajstić information content (AvgIpc) is 3.36. The highest BCUT2D eigenvalue weighted by Gasteiger charge is 2.32. The molecule has 1 atom stereocenters. The monoisotopic (exact) mass is 430 g/mol. The van der Waals surface area contributed by atoms with Crippen LogP contribution >= 0.6 is 12.4 Å². The van der Waals surface area contributed by atoms with Gasteiger partial charge in [-0.05, 0) is 37.6 Å². The second-order valence-electron chi connectivity index (χ2n) is 7.44. The van der Waals surface area contributed by atoms with Crippen LogP contribution in [0.4, 0.5) is 0 Å². The van der Waals surface area contributed by atoms with Gasteiger partial charge < -0.3 is 23.9 Å². The Morgan fingerprint density at radius 1 is 1.30 bits per heavy atom. The number of ether oxygens (including phenoxy) is 1. The van der Waals surface area contributed by atoms with Crippen molar-refractivity contribution in [1.82, 2.24) is 19.8 Å². The predicted molar refractivity (Wildman–Crippen MR) is 116 cm³/mol. The molecule has 1 amide bonds. The number of benzene rings is 1. The summed E-state index contributed by atoms with van der Waals surface area (Å²) in [6.45, 7) is 6.36. The molecule has 7 nitrogen and oxygen atoms in total. The molecule has 1 aliphatic rings. The van der Waals surface area contributed by atoms with Crippen molar-refractivity contribution in [3.8, 4) is 5.75 Å². The van der Waals surface area contributed by atoms with E-state index < -0.39 is 0 Å². The molecule has 3 aromatic rings. The fraction of sp³-hybridized carbons (Fsp3) is 0.364. The van der Waals surface area contributed by atoms with Gasteiger partial charge in [0, 0.05) is 39.1 Å². The van der Waals surface area contributed by atoms with Crippen LogP contribution in [0.1, 0.15) is 39.3 Å². The lowest BCUT2D eigenvalue weighted by atomic mass is 10.1. The number of imidazole rings is 1. The van der Waals surface area contributed by atoms with Crippen LogP contribution in [-0.4, -0.2) is 40.0 Å². The minimum absolute atomic E-state index is 0. The van der Waals surface area contributed by atoms with Gasteiger partial charge in [-0.15, -0.1) is 12.4 Å². The molecule has 0 spiro atoms. The molecule has 1 aliphatic heterocycles. The molecule has 0 saturated carbocycles. The second kappa shape index (κ2) is 9.36. The molecule has 30 heavy (non-hydrogen) atoms. The molecule has 1 unspecified atom stereocenters. The topological polar surface area (TPSA) is 72.5 Å². The number of furan rings is 1. The molecule has 8 heteroatoms. The van der Waals surface area contributed by atoms with Crippen molar-refractivity contribution in [3.05, 3.63) is 71.2 Å². The number of aromatic nitrogens is 2. The van der Waals surface area contributed by atoms with Crippen LogP contribution in [0.15, 0.2) is 47.1 Å². The number of piperazine rings is 1. The number of halogens is 1. The van der Waals surface area contributed by atoms with Gasteiger partial charge in [0.25, 0.3) is 5.91 Å². The predicted octanol–water partition coefficient (Wildman–Crippen LogP) is 3.42. The van der Waals surface area contributed by atoms with Crippen molar-refractivity contribution in [2.24, 2.45) is 7.05 Å². The number of rotatable bonds is 5. The summed E-state index contributed by atoms with van der Waals surface area (Å²) in [5.74, 6) is 2.49. The van der Waals surface area contributed by atoms with Crippen molar-refractivity contribution < 1.29 is 13.9 Å². The number of amides is 1. The van der Waals surface area contributed by atoms with E-state index >= 15 is 0 Å². The summed E-state index contributed by atoms with van der Waals surface area (Å²) in [5, 5.41) is 3.34. The Hall–Kier alpha value is -2.77. The summed E-state index contributed by atoms with van der Waals surface area (Å²) >= 11 is 0. The summed E-state index contributed by atoms with van der Waals surface area (Å²) < 4.78 is 13.6. The molecule has 0 bridgehead atoms. The van der Waals surface area contributed by atoms with Crippen LogP contribution in [0, 0.1) is 13.8 Å². The lowest BCUT2D eigenvalue weighted by molar-refractivity contribution is 0.0584. The van der Waals surface area contributed by atoms with E-state index in [2.05, 4.69) is 23.3 Å². The van der Waals surface area contributed by atoms with Crippen molar-refractivity contribution in [2.75, 3.05) is 19.6 Å². The third-order valence-corrected chi connectivity index (χ3v) is 5.23. The van der Waals surface area contributed by atoms with E-state index in [1.54, 1.807) is 18.3 Å². The van der Waals surface area contributed by atoms with Crippen LogP contribution in [0.2, 0.25) is 0 Å². The molecule has 2 aromatic heterocycles. The molecule has 0 aliphatic carbocycles. The second-order valence-corrected chi connectivity index (χ2v) is 7.44. The van der Waals surface area contributed by atoms with E-state index in [-0.39, 0.29) is 31.0 Å². The van der Waals surface area contributed by atoms with E-state index in [0.717, 1.165) is 23.7 Å². The number of aryl methyl sites for hydroxylation is 3. The Kier molecular flexibility index (Phi) is 6.84. The van der Waals surface area contributed by atoms with Gasteiger partial charge in [0.05, 0.1) is 0 Å². The number of carbonyl (C=O) groups excluding carboxylic acids is 1. The summed E-state index contributed by atoms with van der Waals surface area (Å²) in [4.78, 5) is 19.4. The maximum Gasteiger partial charge on any atom is 0.290 e. The normalized spacial score (nSPS) is 16.2. The fourth-order valence-electron chi connectivity index (χ4n) is 3.70. The SMILES string of the molecule is Cc1ccc(OCc2ccc(C(=O)N3CCNCC3c3nccn3C)o2)c(C)c1.Cl. The number of hydrogen-bond donors (Lipinski definition) is 1. The van der Waals surface area contributed by atoms with Gasteiger partial charge in [-0.2, -0.15) is 0 Å². The summed E-state index contributed by atoms with van der Waals surface area (Å²) in [5.41, 5.74) is 2.27. The van der Waals surface area contributed by atoms with Gasteiger partial charge in [0.2, 0.25) is 0 Å². The third-order valence-electron chi connectivity index (χ3n) is 5.23. The zero-order valence-electron chi connectivity index (χ0n) is 17.4. The number of nitrogens with zero attached hydrogens (tertiary/aromatic N) is 3. The van der Waals surface area contributed by atoms with E-state index in [1.807, 2.05) is 41.8 Å². The highest BCUT2D eigenvalue weighted by atomic mass is 35.5. The van der Waals surface area contributed by atoms with Gasteiger partial charge in [0.1, 0.15) is 30.0 Å². The Labute approximate surface area is 182 Å². The third kappa shape index (κ3) is 4.52. The molecule has 1 aromatic carbocycles.